The van der Waals surface area contributed by atoms with Gasteiger partial charge in [0.15, 0.2) is 21.5 Å². The molecule has 0 saturated heterocycles. The third kappa shape index (κ3) is 3.11. The van der Waals surface area contributed by atoms with E-state index >= 15 is 0 Å². The highest BCUT2D eigenvalue weighted by Crippen LogP contribution is 2.30. The van der Waals surface area contributed by atoms with E-state index in [0.29, 0.717) is 21.5 Å². The molecular weight excluding hydrogens is 408 g/mol. The van der Waals surface area contributed by atoms with Crippen LogP contribution in [0.25, 0.3) is 22.2 Å². The molecule has 4 rings (SSSR count). The summed E-state index contributed by atoms with van der Waals surface area (Å²) in [5, 5.41) is 1.01. The van der Waals surface area contributed by atoms with Crippen LogP contribution in [0.15, 0.2) is 44.2 Å². The highest BCUT2D eigenvalue weighted by Gasteiger charge is 2.21. The number of hydrogen-bond donors (Lipinski definition) is 0. The summed E-state index contributed by atoms with van der Waals surface area (Å²) in [5.74, 6) is -0.372. The Hall–Kier alpha value is -3.34. The van der Waals surface area contributed by atoms with Crippen LogP contribution < -0.4 is 11.2 Å². The highest BCUT2D eigenvalue weighted by atomic mass is 32.2. The van der Waals surface area contributed by atoms with Crippen molar-refractivity contribution in [3.63, 3.8) is 0 Å². The van der Waals surface area contributed by atoms with Gasteiger partial charge in [-0.15, -0.1) is 0 Å². The first-order valence-corrected chi connectivity index (χ1v) is 10.1. The molecule has 0 aliphatic carbocycles. The lowest BCUT2D eigenvalue weighted by Gasteiger charge is -2.08. The summed E-state index contributed by atoms with van der Waals surface area (Å²) in [7, 11) is 4.71. The summed E-state index contributed by atoms with van der Waals surface area (Å²) in [4.78, 5) is 46.1. The van der Waals surface area contributed by atoms with Crippen LogP contribution >= 0.6 is 11.8 Å². The summed E-state index contributed by atoms with van der Waals surface area (Å²) >= 11 is 1.21. The quantitative estimate of drug-likeness (QED) is 0.437. The Morgan fingerprint density at radius 2 is 1.77 bits per heavy atom. The first-order valence-electron chi connectivity index (χ1n) is 9.24. The Morgan fingerprint density at radius 3 is 2.50 bits per heavy atom. The predicted octanol–water partition coefficient (Wildman–Crippen LogP) is 1.03. The van der Waals surface area contributed by atoms with E-state index < -0.39 is 11.2 Å². The summed E-state index contributed by atoms with van der Waals surface area (Å²) in [6.45, 7) is 2.04. The van der Waals surface area contributed by atoms with Gasteiger partial charge in [0.05, 0.1) is 17.6 Å². The van der Waals surface area contributed by atoms with Crippen LogP contribution in [0.1, 0.15) is 6.92 Å². The topological polar surface area (TPSA) is 106 Å². The van der Waals surface area contributed by atoms with Crippen molar-refractivity contribution < 1.29 is 9.53 Å². The van der Waals surface area contributed by atoms with Gasteiger partial charge in [0.2, 0.25) is 0 Å². The number of ether oxygens (including phenoxy) is 1. The highest BCUT2D eigenvalue weighted by molar-refractivity contribution is 7.99. The second kappa shape index (κ2) is 7.48. The van der Waals surface area contributed by atoms with Crippen LogP contribution in [-0.4, -0.2) is 40.8 Å². The number of imidazole rings is 2. The van der Waals surface area contributed by atoms with E-state index in [1.54, 1.807) is 30.2 Å². The number of rotatable bonds is 5. The van der Waals surface area contributed by atoms with Gasteiger partial charge in [0.1, 0.15) is 6.54 Å². The Balaban J connectivity index is 1.86. The maximum absolute atomic E-state index is 12.6. The third-order valence-electron chi connectivity index (χ3n) is 4.83. The average molecular weight is 428 g/mol. The average Bonchev–Trinajstić information content (AvgIpc) is 3.23. The zero-order valence-electron chi connectivity index (χ0n) is 16.9. The minimum Gasteiger partial charge on any atom is -0.465 e. The minimum atomic E-state index is -0.448. The number of carbonyl (C=O) groups excluding carboxylic acids is 1. The first-order chi connectivity index (χ1) is 14.3. The smallest absolute Gasteiger partial charge is 0.332 e. The van der Waals surface area contributed by atoms with Crippen LogP contribution in [0, 0.1) is 0 Å². The number of para-hydroxylation sites is 2. The number of nitrogens with zero attached hydrogens (tertiary/aromatic N) is 6. The summed E-state index contributed by atoms with van der Waals surface area (Å²) < 4.78 is 10.9. The fraction of sp³-hybridized carbons (Fsp3) is 0.316. The number of benzene rings is 1. The Bertz CT molecular complexity index is 1410. The van der Waals surface area contributed by atoms with Gasteiger partial charge in [0, 0.05) is 21.1 Å². The van der Waals surface area contributed by atoms with Gasteiger partial charge in [0.25, 0.3) is 5.56 Å². The van der Waals surface area contributed by atoms with Gasteiger partial charge in [-0.3, -0.25) is 18.7 Å². The predicted molar refractivity (Wildman–Crippen MR) is 112 cm³/mol. The summed E-state index contributed by atoms with van der Waals surface area (Å²) in [6.07, 6.45) is 0. The van der Waals surface area contributed by atoms with Crippen molar-refractivity contribution in [1.82, 2.24) is 28.2 Å². The van der Waals surface area contributed by atoms with Crippen molar-refractivity contribution in [1.29, 1.82) is 0 Å². The molecule has 0 amide bonds. The van der Waals surface area contributed by atoms with E-state index in [2.05, 4.69) is 9.97 Å². The molecule has 0 saturated carbocycles. The number of aromatic nitrogens is 6. The Labute approximate surface area is 174 Å². The molecule has 0 aliphatic rings. The van der Waals surface area contributed by atoms with Crippen LogP contribution in [-0.2, 0) is 37.2 Å². The Morgan fingerprint density at radius 1 is 1.03 bits per heavy atom. The van der Waals surface area contributed by atoms with Crippen LogP contribution in [0.3, 0.4) is 0 Å². The van der Waals surface area contributed by atoms with E-state index in [1.165, 1.54) is 23.4 Å². The van der Waals surface area contributed by atoms with Crippen LogP contribution in [0.2, 0.25) is 0 Å². The largest absolute Gasteiger partial charge is 0.465 e. The fourth-order valence-electron chi connectivity index (χ4n) is 3.29. The number of aryl methyl sites for hydroxylation is 2. The van der Waals surface area contributed by atoms with E-state index in [4.69, 9.17) is 4.74 Å². The maximum atomic E-state index is 12.6. The van der Waals surface area contributed by atoms with Crippen molar-refractivity contribution >= 4 is 39.9 Å². The van der Waals surface area contributed by atoms with Crippen molar-refractivity contribution in [3.05, 3.63) is 45.1 Å². The van der Waals surface area contributed by atoms with Crippen LogP contribution in [0.5, 0.6) is 0 Å². The van der Waals surface area contributed by atoms with E-state index in [9.17, 15) is 14.4 Å². The maximum Gasteiger partial charge on any atom is 0.332 e. The molecule has 1 aromatic carbocycles. The molecule has 0 aliphatic heterocycles. The molecule has 3 aromatic heterocycles. The SMILES string of the molecule is CCOC(=O)Cn1c(Sc2nc3c(c(=O)n(C)c(=O)n3C)n2C)nc2ccccc21. The van der Waals surface area contributed by atoms with Crippen LogP contribution in [0.4, 0.5) is 0 Å². The molecule has 4 aromatic rings. The van der Waals surface area contributed by atoms with E-state index in [0.717, 1.165) is 15.6 Å². The number of carbonyl (C=O) groups is 1. The van der Waals surface area contributed by atoms with Crippen molar-refractivity contribution in [3.8, 4) is 0 Å². The molecular formula is C19H20N6O4S. The first kappa shape index (κ1) is 20.0. The van der Waals surface area contributed by atoms with Crippen molar-refractivity contribution in [2.24, 2.45) is 21.1 Å². The van der Waals surface area contributed by atoms with Gasteiger partial charge < -0.3 is 13.9 Å². The molecule has 0 spiro atoms. The lowest BCUT2D eigenvalue weighted by atomic mass is 10.3. The lowest BCUT2D eigenvalue weighted by Crippen LogP contribution is -2.37. The number of hydrogen-bond acceptors (Lipinski definition) is 7. The minimum absolute atomic E-state index is 0.000874. The molecule has 0 bridgehead atoms. The third-order valence-corrected chi connectivity index (χ3v) is 5.87. The number of esters is 1. The van der Waals surface area contributed by atoms with Gasteiger partial charge in [-0.1, -0.05) is 12.1 Å². The normalized spacial score (nSPS) is 11.5. The standard InChI is InChI=1S/C19H20N6O4S/c1-5-29-13(26)10-25-12-9-7-6-8-11(12)20-18(25)30-17-21-15-14(22(17)2)16(27)24(4)19(28)23(15)3/h6-9H,5,10H2,1-4H3. The van der Waals surface area contributed by atoms with Crippen molar-refractivity contribution in [2.75, 3.05) is 6.61 Å². The summed E-state index contributed by atoms with van der Waals surface area (Å²) in [5.41, 5.74) is 1.25. The van der Waals surface area contributed by atoms with E-state index in [-0.39, 0.29) is 19.1 Å². The molecule has 0 radical (unpaired) electrons. The van der Waals surface area contributed by atoms with Gasteiger partial charge in [-0.25, -0.2) is 14.8 Å². The van der Waals surface area contributed by atoms with Crippen molar-refractivity contribution in [2.45, 2.75) is 23.8 Å². The van der Waals surface area contributed by atoms with E-state index in [1.807, 2.05) is 24.3 Å². The molecule has 156 valence electrons. The Kier molecular flexibility index (Phi) is 4.98. The zero-order chi connectivity index (χ0) is 21.6. The number of fused-ring (bicyclic) bond motifs is 2. The molecule has 10 nitrogen and oxygen atoms in total. The molecule has 11 heteroatoms. The molecule has 0 fully saturated rings. The monoisotopic (exact) mass is 428 g/mol. The molecule has 0 atom stereocenters. The summed E-state index contributed by atoms with van der Waals surface area (Å²) in [6, 6.07) is 7.47. The second-order valence-electron chi connectivity index (χ2n) is 6.71. The lowest BCUT2D eigenvalue weighted by molar-refractivity contribution is -0.143. The molecule has 30 heavy (non-hydrogen) atoms. The second-order valence-corrected chi connectivity index (χ2v) is 7.64. The molecule has 3 heterocycles. The molecule has 0 unspecified atom stereocenters. The van der Waals surface area contributed by atoms with Gasteiger partial charge in [-0.2, -0.15) is 0 Å². The molecule has 0 N–H and O–H groups in total. The van der Waals surface area contributed by atoms with Gasteiger partial charge in [-0.05, 0) is 30.8 Å². The zero-order valence-corrected chi connectivity index (χ0v) is 17.8. The fourth-order valence-corrected chi connectivity index (χ4v) is 4.23. The van der Waals surface area contributed by atoms with Gasteiger partial charge >= 0.3 is 11.7 Å².